The molecule has 1 aliphatic rings. The van der Waals surface area contributed by atoms with Gasteiger partial charge in [0.15, 0.2) is 0 Å². The SMILES string of the molecule is Fc1ccc(F)c(CNCc2cc(Cl)cc3c2OCC3)c1. The highest BCUT2D eigenvalue weighted by Crippen LogP contribution is 2.32. The summed E-state index contributed by atoms with van der Waals surface area (Å²) in [4.78, 5) is 0. The van der Waals surface area contributed by atoms with Gasteiger partial charge in [0.2, 0.25) is 0 Å². The molecule has 3 rings (SSSR count). The molecule has 5 heteroatoms. The molecule has 0 fully saturated rings. The molecule has 1 heterocycles. The number of nitrogens with one attached hydrogen (secondary N) is 1. The molecule has 0 atom stereocenters. The van der Waals surface area contributed by atoms with Gasteiger partial charge in [-0.1, -0.05) is 11.6 Å². The molecule has 0 radical (unpaired) electrons. The lowest BCUT2D eigenvalue weighted by Gasteiger charge is -2.11. The second kappa shape index (κ2) is 6.00. The second-order valence-electron chi connectivity index (χ2n) is 4.99. The van der Waals surface area contributed by atoms with Crippen molar-refractivity contribution in [1.82, 2.24) is 5.32 Å². The van der Waals surface area contributed by atoms with Crippen molar-refractivity contribution in [1.29, 1.82) is 0 Å². The van der Waals surface area contributed by atoms with E-state index >= 15 is 0 Å². The van der Waals surface area contributed by atoms with Gasteiger partial charge >= 0.3 is 0 Å². The Morgan fingerprint density at radius 1 is 1.10 bits per heavy atom. The van der Waals surface area contributed by atoms with Crippen LogP contribution in [0, 0.1) is 11.6 Å². The van der Waals surface area contributed by atoms with Crippen LogP contribution < -0.4 is 10.1 Å². The minimum atomic E-state index is -0.444. The van der Waals surface area contributed by atoms with Gasteiger partial charge in [-0.3, -0.25) is 0 Å². The van der Waals surface area contributed by atoms with E-state index in [0.717, 1.165) is 35.4 Å². The normalized spacial score (nSPS) is 13.1. The fraction of sp³-hybridized carbons (Fsp3) is 0.250. The molecule has 0 spiro atoms. The average molecular weight is 310 g/mol. The first-order valence-corrected chi connectivity index (χ1v) is 7.10. The fourth-order valence-electron chi connectivity index (χ4n) is 2.49. The summed E-state index contributed by atoms with van der Waals surface area (Å²) in [7, 11) is 0. The van der Waals surface area contributed by atoms with E-state index < -0.39 is 11.6 Å². The Bertz CT molecular complexity index is 676. The zero-order chi connectivity index (χ0) is 14.8. The van der Waals surface area contributed by atoms with Crippen molar-refractivity contribution in [3.8, 4) is 5.75 Å². The molecule has 2 aromatic carbocycles. The van der Waals surface area contributed by atoms with Crippen molar-refractivity contribution in [2.24, 2.45) is 0 Å². The predicted molar refractivity (Wildman–Crippen MR) is 77.6 cm³/mol. The standard InChI is InChI=1S/C16H14ClF2NO/c17-13-5-10-3-4-21-16(10)12(6-13)9-20-8-11-7-14(18)1-2-15(11)19/h1-2,5-7,20H,3-4,8-9H2. The summed E-state index contributed by atoms with van der Waals surface area (Å²) in [6.07, 6.45) is 0.849. The first-order chi connectivity index (χ1) is 10.1. The quantitative estimate of drug-likeness (QED) is 0.926. The van der Waals surface area contributed by atoms with E-state index in [0.29, 0.717) is 23.7 Å². The van der Waals surface area contributed by atoms with Crippen molar-refractivity contribution < 1.29 is 13.5 Å². The van der Waals surface area contributed by atoms with Gasteiger partial charge in [-0.15, -0.1) is 0 Å². The van der Waals surface area contributed by atoms with E-state index in [1.165, 1.54) is 6.07 Å². The Labute approximate surface area is 126 Å². The van der Waals surface area contributed by atoms with Gasteiger partial charge in [0, 0.05) is 35.7 Å². The summed E-state index contributed by atoms with van der Waals surface area (Å²) in [6.45, 7) is 1.38. The van der Waals surface area contributed by atoms with E-state index in [1.54, 1.807) is 0 Å². The van der Waals surface area contributed by atoms with Crippen LogP contribution in [0.1, 0.15) is 16.7 Å². The highest BCUT2D eigenvalue weighted by atomic mass is 35.5. The minimum absolute atomic E-state index is 0.241. The zero-order valence-corrected chi connectivity index (χ0v) is 12.0. The fourth-order valence-corrected chi connectivity index (χ4v) is 2.75. The van der Waals surface area contributed by atoms with Crippen LogP contribution in [0.3, 0.4) is 0 Å². The molecule has 0 unspecified atom stereocenters. The van der Waals surface area contributed by atoms with Crippen LogP contribution >= 0.6 is 11.6 Å². The van der Waals surface area contributed by atoms with Crippen molar-refractivity contribution in [3.05, 3.63) is 63.7 Å². The second-order valence-corrected chi connectivity index (χ2v) is 5.43. The van der Waals surface area contributed by atoms with Crippen molar-refractivity contribution in [2.45, 2.75) is 19.5 Å². The molecular formula is C16H14ClF2NO. The summed E-state index contributed by atoms with van der Waals surface area (Å²) in [5.41, 5.74) is 2.33. The zero-order valence-electron chi connectivity index (χ0n) is 11.3. The molecule has 2 nitrogen and oxygen atoms in total. The Morgan fingerprint density at radius 3 is 2.76 bits per heavy atom. The summed E-state index contributed by atoms with van der Waals surface area (Å²) in [5, 5.41) is 3.76. The topological polar surface area (TPSA) is 21.3 Å². The molecule has 1 aliphatic heterocycles. The number of ether oxygens (including phenoxy) is 1. The first kappa shape index (κ1) is 14.3. The first-order valence-electron chi connectivity index (χ1n) is 6.72. The summed E-state index contributed by atoms with van der Waals surface area (Å²) < 4.78 is 32.2. The van der Waals surface area contributed by atoms with E-state index in [2.05, 4.69) is 5.32 Å². The molecule has 0 saturated heterocycles. The molecule has 0 aromatic heterocycles. The van der Waals surface area contributed by atoms with Gasteiger partial charge in [0.1, 0.15) is 17.4 Å². The van der Waals surface area contributed by atoms with E-state index in [-0.39, 0.29) is 6.54 Å². The van der Waals surface area contributed by atoms with Gasteiger partial charge < -0.3 is 10.1 Å². The molecule has 21 heavy (non-hydrogen) atoms. The number of rotatable bonds is 4. The number of hydrogen-bond acceptors (Lipinski definition) is 2. The van der Waals surface area contributed by atoms with Crippen LogP contribution in [0.15, 0.2) is 30.3 Å². The van der Waals surface area contributed by atoms with Gasteiger partial charge in [0.05, 0.1) is 6.61 Å². The third-order valence-corrected chi connectivity index (χ3v) is 3.68. The number of fused-ring (bicyclic) bond motifs is 1. The summed E-state index contributed by atoms with van der Waals surface area (Å²) in [6, 6.07) is 7.17. The molecular weight excluding hydrogens is 296 g/mol. The maximum Gasteiger partial charge on any atom is 0.127 e. The Balaban J connectivity index is 1.70. The van der Waals surface area contributed by atoms with Gasteiger partial charge in [-0.05, 0) is 35.9 Å². The monoisotopic (exact) mass is 309 g/mol. The largest absolute Gasteiger partial charge is 0.493 e. The minimum Gasteiger partial charge on any atom is -0.493 e. The molecule has 110 valence electrons. The lowest BCUT2D eigenvalue weighted by molar-refractivity contribution is 0.352. The Morgan fingerprint density at radius 2 is 1.90 bits per heavy atom. The van der Waals surface area contributed by atoms with Crippen LogP contribution in [-0.4, -0.2) is 6.61 Å². The van der Waals surface area contributed by atoms with Crippen molar-refractivity contribution in [3.63, 3.8) is 0 Å². The third-order valence-electron chi connectivity index (χ3n) is 3.46. The van der Waals surface area contributed by atoms with Crippen LogP contribution in [-0.2, 0) is 19.5 Å². The van der Waals surface area contributed by atoms with E-state index in [1.807, 2.05) is 12.1 Å². The third kappa shape index (κ3) is 3.17. The van der Waals surface area contributed by atoms with Gasteiger partial charge in [-0.2, -0.15) is 0 Å². The Hall–Kier alpha value is -1.65. The van der Waals surface area contributed by atoms with Crippen LogP contribution in [0.2, 0.25) is 5.02 Å². The highest BCUT2D eigenvalue weighted by molar-refractivity contribution is 6.30. The smallest absolute Gasteiger partial charge is 0.127 e. The Kier molecular flexibility index (Phi) is 4.08. The van der Waals surface area contributed by atoms with Crippen LogP contribution in [0.5, 0.6) is 5.75 Å². The van der Waals surface area contributed by atoms with E-state index in [9.17, 15) is 8.78 Å². The maximum absolute atomic E-state index is 13.5. The average Bonchev–Trinajstić information content (AvgIpc) is 2.90. The van der Waals surface area contributed by atoms with Gasteiger partial charge in [-0.25, -0.2) is 8.78 Å². The molecule has 0 aliphatic carbocycles. The van der Waals surface area contributed by atoms with Crippen molar-refractivity contribution in [2.75, 3.05) is 6.61 Å². The van der Waals surface area contributed by atoms with E-state index in [4.69, 9.17) is 16.3 Å². The molecule has 0 saturated carbocycles. The summed E-state index contributed by atoms with van der Waals surface area (Å²) >= 11 is 6.08. The molecule has 2 aromatic rings. The number of halogens is 3. The predicted octanol–water partition coefficient (Wildman–Crippen LogP) is 3.84. The van der Waals surface area contributed by atoms with Crippen molar-refractivity contribution >= 4 is 11.6 Å². The summed E-state index contributed by atoms with van der Waals surface area (Å²) in [5.74, 6) is -0.0109. The highest BCUT2D eigenvalue weighted by Gasteiger charge is 2.17. The lowest BCUT2D eigenvalue weighted by atomic mass is 10.1. The lowest BCUT2D eigenvalue weighted by Crippen LogP contribution is -2.14. The molecule has 1 N–H and O–H groups in total. The van der Waals surface area contributed by atoms with Crippen LogP contribution in [0.4, 0.5) is 8.78 Å². The number of hydrogen-bond donors (Lipinski definition) is 1. The number of benzene rings is 2. The molecule has 0 bridgehead atoms. The van der Waals surface area contributed by atoms with Gasteiger partial charge in [0.25, 0.3) is 0 Å². The molecule has 0 amide bonds. The maximum atomic E-state index is 13.5. The van der Waals surface area contributed by atoms with Crippen LogP contribution in [0.25, 0.3) is 0 Å².